The molecule has 1 N–H and O–H groups in total. The van der Waals surface area contributed by atoms with E-state index in [1.165, 1.54) is 6.42 Å². The van der Waals surface area contributed by atoms with Crippen molar-refractivity contribution in [3.8, 4) is 0 Å². The summed E-state index contributed by atoms with van der Waals surface area (Å²) in [7, 11) is 0. The molecular formula is C13H18N2. The summed E-state index contributed by atoms with van der Waals surface area (Å²) in [5.41, 5.74) is 1.14. The van der Waals surface area contributed by atoms with Gasteiger partial charge >= 0.3 is 0 Å². The third-order valence-corrected chi connectivity index (χ3v) is 2.83. The molecule has 0 bridgehead atoms. The fraction of sp³-hybridized carbons (Fsp3) is 0.462. The van der Waals surface area contributed by atoms with Gasteiger partial charge in [-0.05, 0) is 24.5 Å². The van der Waals surface area contributed by atoms with Crippen molar-refractivity contribution < 1.29 is 0 Å². The average molecular weight is 202 g/mol. The summed E-state index contributed by atoms with van der Waals surface area (Å²) in [6, 6.07) is 10.8. The van der Waals surface area contributed by atoms with E-state index >= 15 is 0 Å². The molecule has 0 saturated heterocycles. The van der Waals surface area contributed by atoms with Crippen molar-refractivity contribution in [3.05, 3.63) is 30.3 Å². The second-order valence-electron chi connectivity index (χ2n) is 4.42. The molecule has 0 spiro atoms. The quantitative estimate of drug-likeness (QED) is 0.781. The average Bonchev–Trinajstić information content (AvgIpc) is 2.68. The number of nitrogens with one attached hydrogen (secondary N) is 1. The van der Waals surface area contributed by atoms with E-state index in [-0.39, 0.29) is 0 Å². The van der Waals surface area contributed by atoms with Crippen molar-refractivity contribution in [1.29, 1.82) is 0 Å². The molecule has 1 atom stereocenters. The molecule has 0 saturated carbocycles. The van der Waals surface area contributed by atoms with Gasteiger partial charge in [0.05, 0.1) is 6.04 Å². The van der Waals surface area contributed by atoms with Crippen LogP contribution >= 0.6 is 0 Å². The van der Waals surface area contributed by atoms with Crippen molar-refractivity contribution in [2.24, 2.45) is 10.9 Å². The highest BCUT2D eigenvalue weighted by Crippen LogP contribution is 2.21. The zero-order chi connectivity index (χ0) is 10.7. The van der Waals surface area contributed by atoms with Gasteiger partial charge in [-0.25, -0.2) is 0 Å². The predicted octanol–water partition coefficient (Wildman–Crippen LogP) is 3.32. The maximum absolute atomic E-state index is 4.69. The first kappa shape index (κ1) is 10.2. The lowest BCUT2D eigenvalue weighted by molar-refractivity contribution is 0.494. The molecular weight excluding hydrogens is 184 g/mol. The molecule has 0 radical (unpaired) electrons. The largest absolute Gasteiger partial charge is 0.344 e. The van der Waals surface area contributed by atoms with Crippen molar-refractivity contribution in [2.75, 3.05) is 5.32 Å². The van der Waals surface area contributed by atoms with Crippen LogP contribution in [0.1, 0.15) is 26.7 Å². The first-order valence-electron chi connectivity index (χ1n) is 5.64. The first-order valence-corrected chi connectivity index (χ1v) is 5.64. The highest BCUT2D eigenvalue weighted by molar-refractivity contribution is 5.96. The SMILES string of the molecule is CC(C)[C@H]1CCC(Nc2ccccc2)=N1. The van der Waals surface area contributed by atoms with Crippen LogP contribution in [-0.4, -0.2) is 11.9 Å². The van der Waals surface area contributed by atoms with Gasteiger partial charge in [-0.15, -0.1) is 0 Å². The lowest BCUT2D eigenvalue weighted by Crippen LogP contribution is -2.09. The van der Waals surface area contributed by atoms with E-state index in [1.54, 1.807) is 0 Å². The van der Waals surface area contributed by atoms with E-state index in [9.17, 15) is 0 Å². The summed E-state index contributed by atoms with van der Waals surface area (Å²) in [5, 5.41) is 3.38. The zero-order valence-corrected chi connectivity index (χ0v) is 9.40. The summed E-state index contributed by atoms with van der Waals surface area (Å²) in [4.78, 5) is 4.69. The fourth-order valence-electron chi connectivity index (χ4n) is 1.88. The summed E-state index contributed by atoms with van der Waals surface area (Å²) < 4.78 is 0. The van der Waals surface area contributed by atoms with Gasteiger partial charge < -0.3 is 5.32 Å². The minimum Gasteiger partial charge on any atom is -0.344 e. The maximum Gasteiger partial charge on any atom is 0.101 e. The number of para-hydroxylation sites is 1. The van der Waals surface area contributed by atoms with Crippen LogP contribution in [0.15, 0.2) is 35.3 Å². The van der Waals surface area contributed by atoms with Gasteiger partial charge in [-0.2, -0.15) is 0 Å². The Balaban J connectivity index is 2.00. The Morgan fingerprint density at radius 3 is 2.60 bits per heavy atom. The Morgan fingerprint density at radius 1 is 1.27 bits per heavy atom. The van der Waals surface area contributed by atoms with Gasteiger partial charge in [0.1, 0.15) is 5.84 Å². The maximum atomic E-state index is 4.69. The zero-order valence-electron chi connectivity index (χ0n) is 9.40. The van der Waals surface area contributed by atoms with Gasteiger partial charge in [0, 0.05) is 12.1 Å². The van der Waals surface area contributed by atoms with Crippen molar-refractivity contribution >= 4 is 11.5 Å². The monoisotopic (exact) mass is 202 g/mol. The number of hydrogen-bond acceptors (Lipinski definition) is 2. The summed E-state index contributed by atoms with van der Waals surface area (Å²) in [6.45, 7) is 4.47. The van der Waals surface area contributed by atoms with Crippen molar-refractivity contribution in [1.82, 2.24) is 0 Å². The molecule has 1 aromatic carbocycles. The summed E-state index contributed by atoms with van der Waals surface area (Å²) >= 11 is 0. The van der Waals surface area contributed by atoms with Crippen molar-refractivity contribution in [2.45, 2.75) is 32.7 Å². The van der Waals surface area contributed by atoms with Crippen LogP contribution in [0.25, 0.3) is 0 Å². The van der Waals surface area contributed by atoms with E-state index in [1.807, 2.05) is 18.2 Å². The van der Waals surface area contributed by atoms with Gasteiger partial charge in [-0.1, -0.05) is 32.0 Å². The molecule has 2 heteroatoms. The Labute approximate surface area is 91.4 Å². The number of anilines is 1. The number of amidine groups is 1. The molecule has 0 unspecified atom stereocenters. The topological polar surface area (TPSA) is 24.4 Å². The molecule has 0 aromatic heterocycles. The van der Waals surface area contributed by atoms with Gasteiger partial charge in [0.25, 0.3) is 0 Å². The number of hydrogen-bond donors (Lipinski definition) is 1. The number of rotatable bonds is 2. The van der Waals surface area contributed by atoms with Gasteiger partial charge in [-0.3, -0.25) is 4.99 Å². The van der Waals surface area contributed by atoms with E-state index in [0.29, 0.717) is 12.0 Å². The Bertz CT molecular complexity index is 341. The van der Waals surface area contributed by atoms with Gasteiger partial charge in [0.15, 0.2) is 0 Å². The van der Waals surface area contributed by atoms with Crippen molar-refractivity contribution in [3.63, 3.8) is 0 Å². The lowest BCUT2D eigenvalue weighted by Gasteiger charge is -2.09. The molecule has 0 aliphatic carbocycles. The standard InChI is InChI=1S/C13H18N2/c1-10(2)12-8-9-13(15-12)14-11-6-4-3-5-7-11/h3-7,10,12H,8-9H2,1-2H3,(H,14,15)/t12-/m1/s1. The van der Waals surface area contributed by atoms with Crippen LogP contribution in [0, 0.1) is 5.92 Å². The Morgan fingerprint density at radius 2 is 2.00 bits per heavy atom. The van der Waals surface area contributed by atoms with Crippen LogP contribution < -0.4 is 5.32 Å². The molecule has 0 fully saturated rings. The van der Waals surface area contributed by atoms with Crippen LogP contribution in [0.4, 0.5) is 5.69 Å². The molecule has 0 amide bonds. The van der Waals surface area contributed by atoms with Crippen LogP contribution in [0.2, 0.25) is 0 Å². The highest BCUT2D eigenvalue weighted by atomic mass is 15.0. The van der Waals surface area contributed by atoms with E-state index < -0.39 is 0 Å². The van der Waals surface area contributed by atoms with Gasteiger partial charge in [0.2, 0.25) is 0 Å². The second kappa shape index (κ2) is 4.47. The number of nitrogens with zero attached hydrogens (tertiary/aromatic N) is 1. The molecule has 1 heterocycles. The minimum atomic E-state index is 0.510. The lowest BCUT2D eigenvalue weighted by atomic mass is 10.0. The Kier molecular flexibility index (Phi) is 3.05. The van der Waals surface area contributed by atoms with E-state index in [2.05, 4.69) is 36.3 Å². The third-order valence-electron chi connectivity index (χ3n) is 2.83. The summed E-state index contributed by atoms with van der Waals surface area (Å²) in [5.74, 6) is 1.79. The molecule has 1 aromatic rings. The van der Waals surface area contributed by atoms with E-state index in [0.717, 1.165) is 17.9 Å². The number of aliphatic imine (C=N–C) groups is 1. The normalized spacial score (nSPS) is 20.5. The molecule has 15 heavy (non-hydrogen) atoms. The molecule has 2 nitrogen and oxygen atoms in total. The molecule has 1 aliphatic rings. The summed E-state index contributed by atoms with van der Waals surface area (Å²) in [6.07, 6.45) is 2.27. The number of benzene rings is 1. The molecule has 80 valence electrons. The minimum absolute atomic E-state index is 0.510. The third kappa shape index (κ3) is 2.58. The van der Waals surface area contributed by atoms with Crippen LogP contribution in [-0.2, 0) is 0 Å². The first-order chi connectivity index (χ1) is 7.25. The predicted molar refractivity (Wildman–Crippen MR) is 65.4 cm³/mol. The van der Waals surface area contributed by atoms with E-state index in [4.69, 9.17) is 0 Å². The molecule has 2 rings (SSSR count). The molecule has 1 aliphatic heterocycles. The fourth-order valence-corrected chi connectivity index (χ4v) is 1.88. The van der Waals surface area contributed by atoms with Crippen LogP contribution in [0.3, 0.4) is 0 Å². The smallest absolute Gasteiger partial charge is 0.101 e. The Hall–Kier alpha value is -1.31. The second-order valence-corrected chi connectivity index (χ2v) is 4.42. The highest BCUT2D eigenvalue weighted by Gasteiger charge is 2.19. The van der Waals surface area contributed by atoms with Crippen LogP contribution in [0.5, 0.6) is 0 Å².